The lowest BCUT2D eigenvalue weighted by molar-refractivity contribution is 0.110. The molecule has 0 bridgehead atoms. The number of hydrogen-bond donors (Lipinski definition) is 2. The summed E-state index contributed by atoms with van der Waals surface area (Å²) >= 11 is 0. The van der Waals surface area contributed by atoms with Crippen molar-refractivity contribution in [1.29, 1.82) is 0 Å². The highest BCUT2D eigenvalue weighted by molar-refractivity contribution is 5.79. The van der Waals surface area contributed by atoms with Crippen LogP contribution >= 0.6 is 0 Å². The molecule has 0 aromatic heterocycles. The Morgan fingerprint density at radius 2 is 1.78 bits per heavy atom. The van der Waals surface area contributed by atoms with E-state index in [1.165, 1.54) is 16.8 Å². The van der Waals surface area contributed by atoms with Crippen LogP contribution in [0, 0.1) is 6.92 Å². The molecule has 0 radical (unpaired) electrons. The zero-order valence-corrected chi connectivity index (χ0v) is 19.5. The van der Waals surface area contributed by atoms with Gasteiger partial charge in [0.25, 0.3) is 0 Å². The summed E-state index contributed by atoms with van der Waals surface area (Å²) in [5.74, 6) is 1.63. The van der Waals surface area contributed by atoms with E-state index in [9.17, 15) is 0 Å². The number of nitrogens with one attached hydrogen (secondary N) is 2. The number of hydrogen-bond acceptors (Lipinski definition) is 5. The van der Waals surface area contributed by atoms with E-state index in [0.29, 0.717) is 32.9 Å². The minimum Gasteiger partial charge on any atom is -0.491 e. The molecule has 0 spiro atoms. The molecule has 1 aliphatic heterocycles. The van der Waals surface area contributed by atoms with E-state index in [4.69, 9.17) is 14.2 Å². The van der Waals surface area contributed by atoms with Gasteiger partial charge in [-0.1, -0.05) is 24.3 Å². The van der Waals surface area contributed by atoms with Crippen LogP contribution in [0.3, 0.4) is 0 Å². The number of anilines is 1. The van der Waals surface area contributed by atoms with Crippen molar-refractivity contribution in [2.24, 2.45) is 4.99 Å². The van der Waals surface area contributed by atoms with Gasteiger partial charge >= 0.3 is 0 Å². The Bertz CT molecular complexity index is 849. The topological polar surface area (TPSA) is 67.4 Å². The number of aryl methyl sites for hydroxylation is 1. The summed E-state index contributed by atoms with van der Waals surface area (Å²) in [6, 6.07) is 14.9. The van der Waals surface area contributed by atoms with Crippen molar-refractivity contribution in [2.75, 3.05) is 58.1 Å². The van der Waals surface area contributed by atoms with Gasteiger partial charge in [-0.15, -0.1) is 0 Å². The van der Waals surface area contributed by atoms with Crippen LogP contribution in [0.4, 0.5) is 5.69 Å². The lowest BCUT2D eigenvalue weighted by Gasteiger charge is -2.28. The maximum absolute atomic E-state index is 5.94. The van der Waals surface area contributed by atoms with E-state index in [1.807, 2.05) is 6.92 Å². The Labute approximate surface area is 191 Å². The highest BCUT2D eigenvalue weighted by Crippen LogP contribution is 2.20. The molecule has 0 saturated carbocycles. The molecule has 7 heteroatoms. The zero-order valence-electron chi connectivity index (χ0n) is 19.5. The van der Waals surface area contributed by atoms with E-state index in [-0.39, 0.29) is 0 Å². The molecular weight excluding hydrogens is 404 g/mol. The number of benzene rings is 2. The fraction of sp³-hybridized carbons (Fsp3) is 0.480. The SMILES string of the molecule is CCOCCOc1cc(C)ccc1CNC(=NC)NCc1ccc(N2CCOCC2)cc1. The minimum absolute atomic E-state index is 0.539. The van der Waals surface area contributed by atoms with Gasteiger partial charge < -0.3 is 29.7 Å². The van der Waals surface area contributed by atoms with Crippen molar-refractivity contribution >= 4 is 11.6 Å². The molecule has 2 N–H and O–H groups in total. The van der Waals surface area contributed by atoms with E-state index >= 15 is 0 Å². The highest BCUT2D eigenvalue weighted by atomic mass is 16.5. The van der Waals surface area contributed by atoms with Crippen LogP contribution in [0.25, 0.3) is 0 Å². The predicted molar refractivity (Wildman–Crippen MR) is 130 cm³/mol. The third kappa shape index (κ3) is 7.43. The summed E-state index contributed by atoms with van der Waals surface area (Å²) in [5.41, 5.74) is 4.71. The maximum atomic E-state index is 5.94. The second-order valence-corrected chi connectivity index (χ2v) is 7.70. The lowest BCUT2D eigenvalue weighted by atomic mass is 10.1. The van der Waals surface area contributed by atoms with Crippen molar-refractivity contribution < 1.29 is 14.2 Å². The molecule has 7 nitrogen and oxygen atoms in total. The second kappa shape index (κ2) is 12.9. The first-order chi connectivity index (χ1) is 15.7. The molecule has 2 aromatic rings. The molecule has 2 aromatic carbocycles. The number of nitrogens with zero attached hydrogens (tertiary/aromatic N) is 2. The number of guanidine groups is 1. The average Bonchev–Trinajstić information content (AvgIpc) is 2.84. The fourth-order valence-corrected chi connectivity index (χ4v) is 3.53. The summed E-state index contributed by atoms with van der Waals surface area (Å²) in [7, 11) is 1.78. The molecule has 1 saturated heterocycles. The molecule has 0 unspecified atom stereocenters. The fourth-order valence-electron chi connectivity index (χ4n) is 3.53. The van der Waals surface area contributed by atoms with Crippen LogP contribution in [0.1, 0.15) is 23.6 Å². The average molecular weight is 441 g/mol. The van der Waals surface area contributed by atoms with Gasteiger partial charge in [0.1, 0.15) is 12.4 Å². The monoisotopic (exact) mass is 440 g/mol. The van der Waals surface area contributed by atoms with Gasteiger partial charge in [-0.2, -0.15) is 0 Å². The van der Waals surface area contributed by atoms with Gasteiger partial charge in [-0.05, 0) is 43.2 Å². The largest absolute Gasteiger partial charge is 0.491 e. The van der Waals surface area contributed by atoms with Gasteiger partial charge in [-0.25, -0.2) is 0 Å². The predicted octanol–water partition coefficient (Wildman–Crippen LogP) is 3.11. The number of rotatable bonds is 10. The first-order valence-corrected chi connectivity index (χ1v) is 11.4. The quantitative estimate of drug-likeness (QED) is 0.336. The smallest absolute Gasteiger partial charge is 0.191 e. The molecule has 0 amide bonds. The van der Waals surface area contributed by atoms with Crippen molar-refractivity contribution in [3.05, 3.63) is 59.2 Å². The van der Waals surface area contributed by atoms with Crippen molar-refractivity contribution in [3.63, 3.8) is 0 Å². The highest BCUT2D eigenvalue weighted by Gasteiger charge is 2.11. The van der Waals surface area contributed by atoms with Crippen LogP contribution in [0.5, 0.6) is 5.75 Å². The first-order valence-electron chi connectivity index (χ1n) is 11.4. The summed E-state index contributed by atoms with van der Waals surface area (Å²) < 4.78 is 16.8. The summed E-state index contributed by atoms with van der Waals surface area (Å²) in [4.78, 5) is 6.71. The van der Waals surface area contributed by atoms with Crippen LogP contribution in [-0.2, 0) is 22.6 Å². The van der Waals surface area contributed by atoms with Crippen molar-refractivity contribution in [2.45, 2.75) is 26.9 Å². The third-order valence-electron chi connectivity index (χ3n) is 5.35. The molecule has 1 fully saturated rings. The van der Waals surface area contributed by atoms with Crippen LogP contribution < -0.4 is 20.3 Å². The third-order valence-corrected chi connectivity index (χ3v) is 5.35. The number of ether oxygens (including phenoxy) is 3. The van der Waals surface area contributed by atoms with Gasteiger partial charge in [-0.3, -0.25) is 4.99 Å². The molecule has 1 heterocycles. The van der Waals surface area contributed by atoms with Crippen LogP contribution in [0.15, 0.2) is 47.5 Å². The number of morpholine rings is 1. The zero-order chi connectivity index (χ0) is 22.6. The minimum atomic E-state index is 0.539. The van der Waals surface area contributed by atoms with Crippen molar-refractivity contribution in [1.82, 2.24) is 10.6 Å². The molecule has 32 heavy (non-hydrogen) atoms. The molecule has 3 rings (SSSR count). The lowest BCUT2D eigenvalue weighted by Crippen LogP contribution is -2.36. The summed E-state index contributed by atoms with van der Waals surface area (Å²) in [6.07, 6.45) is 0. The Balaban J connectivity index is 1.49. The Morgan fingerprint density at radius 3 is 2.50 bits per heavy atom. The Morgan fingerprint density at radius 1 is 1.03 bits per heavy atom. The molecule has 1 aliphatic rings. The first kappa shape index (κ1) is 23.9. The Hall–Kier alpha value is -2.77. The van der Waals surface area contributed by atoms with E-state index in [2.05, 4.69) is 69.9 Å². The van der Waals surface area contributed by atoms with Crippen molar-refractivity contribution in [3.8, 4) is 5.75 Å². The van der Waals surface area contributed by atoms with Gasteiger partial charge in [0, 0.05) is 51.1 Å². The second-order valence-electron chi connectivity index (χ2n) is 7.70. The summed E-state index contributed by atoms with van der Waals surface area (Å²) in [5, 5.41) is 6.78. The van der Waals surface area contributed by atoms with Crippen LogP contribution in [0.2, 0.25) is 0 Å². The van der Waals surface area contributed by atoms with E-state index < -0.39 is 0 Å². The van der Waals surface area contributed by atoms with E-state index in [0.717, 1.165) is 43.6 Å². The summed E-state index contributed by atoms with van der Waals surface area (Å²) in [6.45, 7) is 10.7. The van der Waals surface area contributed by atoms with Gasteiger partial charge in [0.05, 0.1) is 19.8 Å². The maximum Gasteiger partial charge on any atom is 0.191 e. The molecule has 0 atom stereocenters. The van der Waals surface area contributed by atoms with Gasteiger partial charge in [0.2, 0.25) is 0 Å². The van der Waals surface area contributed by atoms with E-state index in [1.54, 1.807) is 7.05 Å². The van der Waals surface area contributed by atoms with Gasteiger partial charge in [0.15, 0.2) is 5.96 Å². The molecule has 0 aliphatic carbocycles. The standard InChI is InChI=1S/C25H36N4O3/c1-4-30-15-16-32-24-17-20(2)5-8-22(24)19-28-25(26-3)27-18-21-6-9-23(10-7-21)29-11-13-31-14-12-29/h5-10,17H,4,11-16,18-19H2,1-3H3,(H2,26,27,28). The normalized spacial score (nSPS) is 14.3. The number of aliphatic imine (C=N–C) groups is 1. The molecule has 174 valence electrons. The Kier molecular flexibility index (Phi) is 9.65. The van der Waals surface area contributed by atoms with Crippen LogP contribution in [-0.4, -0.2) is 59.1 Å². The molecular formula is C25H36N4O3.